The van der Waals surface area contributed by atoms with Crippen molar-refractivity contribution in [3.05, 3.63) is 89.5 Å². The molecule has 0 heterocycles. The number of alkyl carbamates (subject to hydrolysis) is 1. The van der Waals surface area contributed by atoms with E-state index in [0.717, 1.165) is 5.56 Å². The lowest BCUT2D eigenvalue weighted by Gasteiger charge is -2.14. The fraction of sp³-hybridized carbons (Fsp3) is 0.192. The van der Waals surface area contributed by atoms with Crippen LogP contribution in [0, 0.1) is 0 Å². The third-order valence-corrected chi connectivity index (χ3v) is 5.44. The molecule has 3 aromatic carbocycles. The van der Waals surface area contributed by atoms with Crippen molar-refractivity contribution in [3.8, 4) is 22.6 Å². The first-order chi connectivity index (χ1) is 15.2. The fourth-order valence-electron chi connectivity index (χ4n) is 3.95. The van der Waals surface area contributed by atoms with E-state index in [-0.39, 0.29) is 11.7 Å². The number of carbonyl (C=O) groups excluding carboxylic acids is 1. The van der Waals surface area contributed by atoms with Crippen LogP contribution in [0.15, 0.2) is 72.8 Å². The summed E-state index contributed by atoms with van der Waals surface area (Å²) in [5.74, 6) is 0.812. The van der Waals surface area contributed by atoms with Crippen LogP contribution < -0.4 is 10.1 Å². The average Bonchev–Trinajstić information content (AvgIpc) is 3.12. The third kappa shape index (κ3) is 4.56. The zero-order chi connectivity index (χ0) is 21.6. The Labute approximate surface area is 182 Å². The lowest BCUT2D eigenvalue weighted by Crippen LogP contribution is -2.26. The van der Waals surface area contributed by atoms with Gasteiger partial charge in [-0.2, -0.15) is 0 Å². The van der Waals surface area contributed by atoms with E-state index in [9.17, 15) is 9.90 Å². The van der Waals surface area contributed by atoms with Gasteiger partial charge >= 0.3 is 6.09 Å². The molecule has 2 N–H and O–H groups in total. The molecule has 0 radical (unpaired) electrons. The van der Waals surface area contributed by atoms with Gasteiger partial charge in [-0.1, -0.05) is 60.7 Å². The zero-order valence-electron chi connectivity index (χ0n) is 17.4. The van der Waals surface area contributed by atoms with Crippen LogP contribution in [0.1, 0.15) is 29.0 Å². The number of phenols is 1. The van der Waals surface area contributed by atoms with E-state index in [1.165, 1.54) is 22.3 Å². The summed E-state index contributed by atoms with van der Waals surface area (Å²) in [7, 11) is 1.56. The minimum Gasteiger partial charge on any atom is -0.508 e. The highest BCUT2D eigenvalue weighted by molar-refractivity contribution is 5.79. The van der Waals surface area contributed by atoms with E-state index < -0.39 is 6.09 Å². The molecule has 1 amide bonds. The van der Waals surface area contributed by atoms with Crippen LogP contribution >= 0.6 is 0 Å². The molecule has 0 aromatic heterocycles. The second-order valence-corrected chi connectivity index (χ2v) is 7.37. The molecular formula is C26H25NO4. The molecule has 5 nitrogen and oxygen atoms in total. The molecule has 0 spiro atoms. The number of amides is 1. The number of hydrogen-bond acceptors (Lipinski definition) is 4. The first-order valence-electron chi connectivity index (χ1n) is 10.3. The van der Waals surface area contributed by atoms with E-state index in [4.69, 9.17) is 9.47 Å². The van der Waals surface area contributed by atoms with Crippen molar-refractivity contribution in [2.24, 2.45) is 0 Å². The van der Waals surface area contributed by atoms with Crippen molar-refractivity contribution < 1.29 is 19.4 Å². The predicted octanol–water partition coefficient (Wildman–Crippen LogP) is 5.34. The molecule has 0 atom stereocenters. The highest BCUT2D eigenvalue weighted by Crippen LogP contribution is 2.44. The Hall–Kier alpha value is -3.73. The summed E-state index contributed by atoms with van der Waals surface area (Å²) >= 11 is 0. The second-order valence-electron chi connectivity index (χ2n) is 7.37. The van der Waals surface area contributed by atoms with Gasteiger partial charge in [0.25, 0.3) is 0 Å². The van der Waals surface area contributed by atoms with E-state index in [2.05, 4.69) is 29.6 Å². The molecule has 0 bridgehead atoms. The molecule has 0 saturated carbocycles. The molecule has 158 valence electrons. The number of methoxy groups -OCH3 is 1. The van der Waals surface area contributed by atoms with Crippen LogP contribution in [0.5, 0.6) is 11.5 Å². The number of phenolic OH excluding ortho intramolecular Hbond substituents is 1. The van der Waals surface area contributed by atoms with E-state index in [1.54, 1.807) is 25.3 Å². The lowest BCUT2D eigenvalue weighted by atomic mass is 9.98. The number of rotatable bonds is 7. The fourth-order valence-corrected chi connectivity index (χ4v) is 3.95. The zero-order valence-corrected chi connectivity index (χ0v) is 17.4. The number of nitrogens with one attached hydrogen (secondary N) is 1. The number of ether oxygens (including phenoxy) is 2. The highest BCUT2D eigenvalue weighted by atomic mass is 16.5. The monoisotopic (exact) mass is 415 g/mol. The van der Waals surface area contributed by atoms with Gasteiger partial charge in [0.05, 0.1) is 7.11 Å². The average molecular weight is 415 g/mol. The molecular weight excluding hydrogens is 390 g/mol. The number of carbonyl (C=O) groups is 1. The van der Waals surface area contributed by atoms with E-state index in [1.807, 2.05) is 36.4 Å². The Morgan fingerprint density at radius 3 is 2.39 bits per heavy atom. The van der Waals surface area contributed by atoms with Gasteiger partial charge in [-0.05, 0) is 40.8 Å². The minimum atomic E-state index is -0.419. The molecule has 31 heavy (non-hydrogen) atoms. The van der Waals surface area contributed by atoms with Crippen molar-refractivity contribution in [3.63, 3.8) is 0 Å². The van der Waals surface area contributed by atoms with Gasteiger partial charge in [0.1, 0.15) is 18.1 Å². The molecule has 0 aliphatic heterocycles. The van der Waals surface area contributed by atoms with Gasteiger partial charge in [-0.25, -0.2) is 4.79 Å². The number of aromatic hydroxyl groups is 1. The SMILES string of the molecule is COc1cc(O)ccc1C=CCCNC(=O)OCC1c2ccccc2-c2ccccc21. The summed E-state index contributed by atoms with van der Waals surface area (Å²) < 4.78 is 10.8. The molecule has 0 saturated heterocycles. The third-order valence-electron chi connectivity index (χ3n) is 5.44. The quantitative estimate of drug-likeness (QED) is 0.511. The molecule has 1 aliphatic carbocycles. The Balaban J connectivity index is 1.28. The Kier molecular flexibility index (Phi) is 6.22. The van der Waals surface area contributed by atoms with Crippen LogP contribution in [0.3, 0.4) is 0 Å². The Bertz CT molecular complexity index is 1060. The largest absolute Gasteiger partial charge is 0.508 e. The Morgan fingerprint density at radius 2 is 1.71 bits per heavy atom. The summed E-state index contributed by atoms with van der Waals surface area (Å²) in [6.45, 7) is 0.772. The van der Waals surface area contributed by atoms with Crippen LogP contribution in [0.4, 0.5) is 4.79 Å². The van der Waals surface area contributed by atoms with Gasteiger partial charge in [-0.15, -0.1) is 0 Å². The lowest BCUT2D eigenvalue weighted by molar-refractivity contribution is 0.143. The molecule has 0 fully saturated rings. The smallest absolute Gasteiger partial charge is 0.407 e. The van der Waals surface area contributed by atoms with Crippen molar-refractivity contribution >= 4 is 12.2 Å². The molecule has 3 aromatic rings. The van der Waals surface area contributed by atoms with Gasteiger partial charge in [-0.3, -0.25) is 0 Å². The maximum absolute atomic E-state index is 12.2. The van der Waals surface area contributed by atoms with Gasteiger partial charge < -0.3 is 19.9 Å². The number of fused-ring (bicyclic) bond motifs is 3. The van der Waals surface area contributed by atoms with Gasteiger partial charge in [0.2, 0.25) is 0 Å². The summed E-state index contributed by atoms with van der Waals surface area (Å²) in [5, 5.41) is 12.3. The minimum absolute atomic E-state index is 0.0556. The molecule has 1 aliphatic rings. The van der Waals surface area contributed by atoms with Gasteiger partial charge in [0.15, 0.2) is 0 Å². The highest BCUT2D eigenvalue weighted by Gasteiger charge is 2.28. The summed E-state index contributed by atoms with van der Waals surface area (Å²) in [6, 6.07) is 21.5. The summed E-state index contributed by atoms with van der Waals surface area (Å²) in [6.07, 6.45) is 4.07. The second kappa shape index (κ2) is 9.39. The maximum Gasteiger partial charge on any atom is 0.407 e. The maximum atomic E-state index is 12.2. The first-order valence-corrected chi connectivity index (χ1v) is 10.3. The van der Waals surface area contributed by atoms with E-state index >= 15 is 0 Å². The molecule has 0 unspecified atom stereocenters. The normalized spacial score (nSPS) is 12.4. The summed E-state index contributed by atoms with van der Waals surface area (Å²) in [4.78, 5) is 12.2. The standard InChI is InChI=1S/C26H25NO4/c1-30-25-16-19(28)14-13-18(25)8-6-7-15-27-26(29)31-17-24-22-11-4-2-9-20(22)21-10-3-5-12-23(21)24/h2-6,8-14,16,24,28H,7,15,17H2,1H3,(H,27,29). The van der Waals surface area contributed by atoms with Crippen molar-refractivity contribution in [2.45, 2.75) is 12.3 Å². The predicted molar refractivity (Wildman–Crippen MR) is 121 cm³/mol. The van der Waals surface area contributed by atoms with Crippen molar-refractivity contribution in [2.75, 3.05) is 20.3 Å². The first kappa shape index (κ1) is 20.5. The molecule has 4 rings (SSSR count). The number of benzene rings is 3. The van der Waals surface area contributed by atoms with E-state index in [0.29, 0.717) is 25.3 Å². The Morgan fingerprint density at radius 1 is 1.03 bits per heavy atom. The molecule has 5 heteroatoms. The number of hydrogen-bond donors (Lipinski definition) is 2. The van der Waals surface area contributed by atoms with Crippen molar-refractivity contribution in [1.29, 1.82) is 0 Å². The topological polar surface area (TPSA) is 67.8 Å². The summed E-state index contributed by atoms with van der Waals surface area (Å²) in [5.41, 5.74) is 5.68. The van der Waals surface area contributed by atoms with Crippen LogP contribution in [0.2, 0.25) is 0 Å². The van der Waals surface area contributed by atoms with Crippen molar-refractivity contribution in [1.82, 2.24) is 5.32 Å². The van der Waals surface area contributed by atoms with Crippen LogP contribution in [-0.2, 0) is 4.74 Å². The van der Waals surface area contributed by atoms with Crippen LogP contribution in [-0.4, -0.2) is 31.5 Å². The van der Waals surface area contributed by atoms with Gasteiger partial charge in [0, 0.05) is 24.1 Å². The van der Waals surface area contributed by atoms with Crippen LogP contribution in [0.25, 0.3) is 17.2 Å².